The number of thiophene rings is 1. The third kappa shape index (κ3) is 4.66. The van der Waals surface area contributed by atoms with Crippen molar-refractivity contribution in [2.45, 2.75) is 46.3 Å². The van der Waals surface area contributed by atoms with Gasteiger partial charge < -0.3 is 24.8 Å². The van der Waals surface area contributed by atoms with Crippen LogP contribution in [-0.4, -0.2) is 30.7 Å². The SMILES string of the molecule is Cc1sc(NC(=O)C2CC2)c(C(=O)OC(C)C(=O)NCc2ccc3c(c2)OCO3)c1C. The van der Waals surface area contributed by atoms with E-state index in [1.54, 1.807) is 19.1 Å². The first-order valence-electron chi connectivity index (χ1n) is 10.1. The van der Waals surface area contributed by atoms with Crippen LogP contribution in [0.1, 0.15) is 46.1 Å². The van der Waals surface area contributed by atoms with E-state index in [1.165, 1.54) is 18.3 Å². The van der Waals surface area contributed by atoms with Gasteiger partial charge in [-0.15, -0.1) is 11.3 Å². The van der Waals surface area contributed by atoms with E-state index in [9.17, 15) is 14.4 Å². The molecule has 1 aliphatic heterocycles. The number of hydrogen-bond donors (Lipinski definition) is 2. The number of esters is 1. The summed E-state index contributed by atoms with van der Waals surface area (Å²) in [4.78, 5) is 38.3. The predicted octanol–water partition coefficient (Wildman–Crippen LogP) is 3.30. The van der Waals surface area contributed by atoms with Crippen LogP contribution in [0.2, 0.25) is 0 Å². The quantitative estimate of drug-likeness (QED) is 0.635. The highest BCUT2D eigenvalue weighted by Gasteiger charge is 2.32. The number of benzene rings is 1. The van der Waals surface area contributed by atoms with E-state index in [0.29, 0.717) is 22.1 Å². The van der Waals surface area contributed by atoms with Gasteiger partial charge in [-0.25, -0.2) is 4.79 Å². The molecule has 1 aliphatic carbocycles. The van der Waals surface area contributed by atoms with Crippen LogP contribution in [0, 0.1) is 19.8 Å². The molecule has 0 radical (unpaired) electrons. The molecule has 2 aliphatic rings. The van der Waals surface area contributed by atoms with E-state index < -0.39 is 18.0 Å². The van der Waals surface area contributed by atoms with Crippen LogP contribution >= 0.6 is 11.3 Å². The van der Waals surface area contributed by atoms with Crippen LogP contribution in [0.5, 0.6) is 11.5 Å². The molecule has 0 bridgehead atoms. The fourth-order valence-electron chi connectivity index (χ4n) is 3.18. The molecule has 4 rings (SSSR count). The van der Waals surface area contributed by atoms with Crippen LogP contribution in [0.15, 0.2) is 18.2 Å². The van der Waals surface area contributed by atoms with Gasteiger partial charge in [-0.2, -0.15) is 0 Å². The molecular formula is C22H24N2O6S. The van der Waals surface area contributed by atoms with Gasteiger partial charge in [-0.3, -0.25) is 9.59 Å². The molecule has 0 saturated heterocycles. The normalized spacial score (nSPS) is 15.3. The summed E-state index contributed by atoms with van der Waals surface area (Å²) in [5, 5.41) is 6.07. The molecule has 2 N–H and O–H groups in total. The molecule has 8 nitrogen and oxygen atoms in total. The summed E-state index contributed by atoms with van der Waals surface area (Å²) in [7, 11) is 0. The molecule has 1 saturated carbocycles. The fourth-order valence-corrected chi connectivity index (χ4v) is 4.23. The predicted molar refractivity (Wildman–Crippen MR) is 114 cm³/mol. The third-order valence-electron chi connectivity index (χ3n) is 5.33. The second-order valence-electron chi connectivity index (χ2n) is 7.70. The smallest absolute Gasteiger partial charge is 0.342 e. The maximum Gasteiger partial charge on any atom is 0.342 e. The van der Waals surface area contributed by atoms with Gasteiger partial charge in [0.25, 0.3) is 5.91 Å². The number of carbonyl (C=O) groups is 3. The Bertz CT molecular complexity index is 1040. The largest absolute Gasteiger partial charge is 0.454 e. The van der Waals surface area contributed by atoms with E-state index in [-0.39, 0.29) is 25.2 Å². The van der Waals surface area contributed by atoms with Crippen LogP contribution in [0.4, 0.5) is 5.00 Å². The number of carbonyl (C=O) groups excluding carboxylic acids is 3. The highest BCUT2D eigenvalue weighted by Crippen LogP contribution is 2.36. The van der Waals surface area contributed by atoms with Gasteiger partial charge in [0.2, 0.25) is 12.7 Å². The second-order valence-corrected chi connectivity index (χ2v) is 8.93. The van der Waals surface area contributed by atoms with Gasteiger partial charge in [0, 0.05) is 17.3 Å². The molecule has 1 unspecified atom stereocenters. The topological polar surface area (TPSA) is 103 Å². The summed E-state index contributed by atoms with van der Waals surface area (Å²) in [6, 6.07) is 5.41. The highest BCUT2D eigenvalue weighted by atomic mass is 32.1. The molecule has 1 fully saturated rings. The van der Waals surface area contributed by atoms with E-state index in [4.69, 9.17) is 14.2 Å². The van der Waals surface area contributed by atoms with Crippen LogP contribution in [-0.2, 0) is 20.9 Å². The summed E-state index contributed by atoms with van der Waals surface area (Å²) in [5.74, 6) is 0.203. The fraction of sp³-hybridized carbons (Fsp3) is 0.409. The molecule has 0 spiro atoms. The Balaban J connectivity index is 1.36. The number of hydrogen-bond acceptors (Lipinski definition) is 7. The minimum Gasteiger partial charge on any atom is -0.454 e. The minimum atomic E-state index is -0.992. The van der Waals surface area contributed by atoms with Crippen molar-refractivity contribution in [1.82, 2.24) is 5.32 Å². The van der Waals surface area contributed by atoms with Gasteiger partial charge in [-0.05, 0) is 56.9 Å². The molecule has 2 amide bonds. The Morgan fingerprint density at radius 1 is 1.19 bits per heavy atom. The van der Waals surface area contributed by atoms with Crippen LogP contribution in [0.25, 0.3) is 0 Å². The average Bonchev–Trinajstić information content (AvgIpc) is 3.42. The first-order valence-corrected chi connectivity index (χ1v) is 10.9. The average molecular weight is 445 g/mol. The van der Waals surface area contributed by atoms with E-state index in [1.807, 2.05) is 13.0 Å². The van der Waals surface area contributed by atoms with Crippen LogP contribution in [0.3, 0.4) is 0 Å². The van der Waals surface area contributed by atoms with E-state index in [0.717, 1.165) is 28.8 Å². The van der Waals surface area contributed by atoms with Gasteiger partial charge >= 0.3 is 5.97 Å². The summed E-state index contributed by atoms with van der Waals surface area (Å²) in [6.45, 7) is 5.65. The van der Waals surface area contributed by atoms with E-state index in [2.05, 4.69) is 10.6 Å². The number of ether oxygens (including phenoxy) is 3. The molecule has 1 aromatic heterocycles. The summed E-state index contributed by atoms with van der Waals surface area (Å²) < 4.78 is 16.0. The molecule has 164 valence electrons. The maximum atomic E-state index is 12.8. The van der Waals surface area contributed by atoms with Crippen LogP contribution < -0.4 is 20.1 Å². The highest BCUT2D eigenvalue weighted by molar-refractivity contribution is 7.16. The van der Waals surface area contributed by atoms with Gasteiger partial charge in [0.1, 0.15) is 5.00 Å². The zero-order valence-corrected chi connectivity index (χ0v) is 18.4. The lowest BCUT2D eigenvalue weighted by Gasteiger charge is -2.15. The lowest BCUT2D eigenvalue weighted by atomic mass is 10.1. The van der Waals surface area contributed by atoms with Crippen molar-refractivity contribution in [3.05, 3.63) is 39.8 Å². The Labute approximate surface area is 183 Å². The number of nitrogens with one attached hydrogen (secondary N) is 2. The lowest BCUT2D eigenvalue weighted by molar-refractivity contribution is -0.129. The summed E-state index contributed by atoms with van der Waals surface area (Å²) in [6.07, 6.45) is 0.749. The van der Waals surface area contributed by atoms with Gasteiger partial charge in [0.05, 0.1) is 5.56 Å². The number of aryl methyl sites for hydroxylation is 1. The van der Waals surface area contributed by atoms with Crippen molar-refractivity contribution in [1.29, 1.82) is 0 Å². The number of amides is 2. The standard InChI is InChI=1S/C22H24N2O6S/c1-11-13(3)31-21(24-20(26)15-5-6-15)18(11)22(27)30-12(2)19(25)23-9-14-4-7-16-17(8-14)29-10-28-16/h4,7-8,12,15H,5-6,9-10H2,1-3H3,(H,23,25)(H,24,26). The van der Waals surface area contributed by atoms with Gasteiger partial charge in [0.15, 0.2) is 17.6 Å². The first-order chi connectivity index (χ1) is 14.8. The number of fused-ring (bicyclic) bond motifs is 1. The monoisotopic (exact) mass is 444 g/mol. The molecule has 2 heterocycles. The Morgan fingerprint density at radius 2 is 1.94 bits per heavy atom. The van der Waals surface area contributed by atoms with Crippen molar-refractivity contribution in [2.75, 3.05) is 12.1 Å². The number of rotatable bonds is 7. The third-order valence-corrected chi connectivity index (χ3v) is 6.45. The van der Waals surface area contributed by atoms with Crippen molar-refractivity contribution >= 4 is 34.1 Å². The minimum absolute atomic E-state index is 0.0208. The second kappa shape index (κ2) is 8.58. The van der Waals surface area contributed by atoms with E-state index >= 15 is 0 Å². The zero-order chi connectivity index (χ0) is 22.1. The maximum absolute atomic E-state index is 12.8. The number of anilines is 1. The molecule has 1 atom stereocenters. The molecule has 1 aromatic carbocycles. The van der Waals surface area contributed by atoms with Crippen molar-refractivity contribution in [3.8, 4) is 11.5 Å². The summed E-state index contributed by atoms with van der Waals surface area (Å²) in [5.41, 5.74) is 1.89. The molecular weight excluding hydrogens is 420 g/mol. The van der Waals surface area contributed by atoms with Crippen molar-refractivity contribution in [3.63, 3.8) is 0 Å². The molecule has 31 heavy (non-hydrogen) atoms. The Kier molecular flexibility index (Phi) is 5.86. The Morgan fingerprint density at radius 3 is 2.68 bits per heavy atom. The molecule has 9 heteroatoms. The van der Waals surface area contributed by atoms with Crippen molar-refractivity contribution < 1.29 is 28.6 Å². The molecule has 2 aromatic rings. The summed E-state index contributed by atoms with van der Waals surface area (Å²) >= 11 is 1.34. The van der Waals surface area contributed by atoms with Gasteiger partial charge in [-0.1, -0.05) is 6.07 Å². The Hall–Kier alpha value is -3.07. The first kappa shape index (κ1) is 21.2. The van der Waals surface area contributed by atoms with Crippen molar-refractivity contribution in [2.24, 2.45) is 5.92 Å². The zero-order valence-electron chi connectivity index (χ0n) is 17.6. The lowest BCUT2D eigenvalue weighted by Crippen LogP contribution is -2.35.